The number of rotatable bonds is 7. The highest BCUT2D eigenvalue weighted by molar-refractivity contribution is 5.53. The minimum absolute atomic E-state index is 0.0699. The van der Waals surface area contributed by atoms with Gasteiger partial charge in [-0.3, -0.25) is 29.4 Å². The zero-order valence-electron chi connectivity index (χ0n) is 24.7. The van der Waals surface area contributed by atoms with Crippen LogP contribution in [0.4, 0.5) is 5.69 Å². The molecule has 5 aromatic rings. The van der Waals surface area contributed by atoms with Crippen LogP contribution in [0.3, 0.4) is 0 Å². The molecule has 1 fully saturated rings. The number of nitro groups is 1. The Kier molecular flexibility index (Phi) is 8.72. The van der Waals surface area contributed by atoms with Crippen molar-refractivity contribution in [1.82, 2.24) is 14.5 Å². The molecule has 4 aromatic carbocycles. The highest BCUT2D eigenvalue weighted by Crippen LogP contribution is 2.44. The smallest absolute Gasteiger partial charge is 0.330 e. The normalized spacial score (nSPS) is 16.7. The Labute approximate surface area is 264 Å². The quantitative estimate of drug-likeness (QED) is 0.123. The summed E-state index contributed by atoms with van der Waals surface area (Å²) in [4.78, 5) is 41.5. The fraction of sp³-hybridized carbons (Fsp3) is 0.167. The molecule has 1 aromatic heterocycles. The van der Waals surface area contributed by atoms with Crippen molar-refractivity contribution >= 4 is 5.69 Å². The zero-order valence-corrected chi connectivity index (χ0v) is 24.7. The lowest BCUT2D eigenvalue weighted by Crippen LogP contribution is -2.58. The molecule has 0 unspecified atom stereocenters. The maximum absolute atomic E-state index is 13.3. The number of aromatic amines is 1. The van der Waals surface area contributed by atoms with Gasteiger partial charge in [0.15, 0.2) is 6.23 Å². The van der Waals surface area contributed by atoms with Gasteiger partial charge in [-0.25, -0.2) is 4.79 Å². The van der Waals surface area contributed by atoms with Crippen LogP contribution in [-0.2, 0) is 10.3 Å². The summed E-state index contributed by atoms with van der Waals surface area (Å²) in [5, 5.41) is 21.9. The van der Waals surface area contributed by atoms with E-state index in [9.17, 15) is 24.8 Å². The van der Waals surface area contributed by atoms with Gasteiger partial charge in [-0.1, -0.05) is 115 Å². The van der Waals surface area contributed by atoms with Crippen LogP contribution in [0.5, 0.6) is 0 Å². The van der Waals surface area contributed by atoms with E-state index in [1.807, 2.05) is 54.6 Å². The van der Waals surface area contributed by atoms with Gasteiger partial charge in [0.05, 0.1) is 23.2 Å². The van der Waals surface area contributed by atoms with Crippen molar-refractivity contribution in [2.75, 3.05) is 19.7 Å². The Morgan fingerprint density at radius 3 is 1.87 bits per heavy atom. The third-order valence-electron chi connectivity index (χ3n) is 8.11. The van der Waals surface area contributed by atoms with Gasteiger partial charge in [0.25, 0.3) is 11.2 Å². The van der Waals surface area contributed by atoms with Crippen molar-refractivity contribution in [2.24, 2.45) is 0 Å². The number of H-pyrrole nitrogens is 1. The van der Waals surface area contributed by atoms with Gasteiger partial charge < -0.3 is 9.84 Å². The fourth-order valence-electron chi connectivity index (χ4n) is 6.09. The van der Waals surface area contributed by atoms with E-state index in [0.717, 1.165) is 16.7 Å². The topological polar surface area (TPSA) is 131 Å². The van der Waals surface area contributed by atoms with Gasteiger partial charge in [-0.2, -0.15) is 0 Å². The Morgan fingerprint density at radius 2 is 1.33 bits per heavy atom. The van der Waals surface area contributed by atoms with E-state index in [2.05, 4.69) is 58.1 Å². The standard InChI is InChI=1S/C36H30N4O6/c41-25-31-23-38(36(28-13-4-1-5-14-28,29-15-6-2-7-16-29)30-17-8-3-9-18-30)24-33(46-31)39-22-27(34(42)37-35(39)43)21-20-26-12-10-11-19-32(26)40(44)45/h1-19,22,31,33,41H,23-25H2,(H,37,42,43)/t31-,33+/m0/s1. The lowest BCUT2D eigenvalue weighted by atomic mass is 9.75. The van der Waals surface area contributed by atoms with Gasteiger partial charge in [-0.15, -0.1) is 0 Å². The van der Waals surface area contributed by atoms with Gasteiger partial charge in [0, 0.05) is 25.4 Å². The average Bonchev–Trinajstić information content (AvgIpc) is 3.09. The first-order valence-electron chi connectivity index (χ1n) is 14.7. The number of hydrogen-bond acceptors (Lipinski definition) is 7. The van der Waals surface area contributed by atoms with E-state index >= 15 is 0 Å². The monoisotopic (exact) mass is 614 g/mol. The predicted octanol–water partition coefficient (Wildman–Crippen LogP) is 4.03. The lowest BCUT2D eigenvalue weighted by molar-refractivity contribution is -0.385. The average molecular weight is 615 g/mol. The molecule has 0 saturated carbocycles. The molecule has 1 aliphatic heterocycles. The van der Waals surface area contributed by atoms with Crippen LogP contribution >= 0.6 is 0 Å². The molecule has 0 aliphatic carbocycles. The van der Waals surface area contributed by atoms with Crippen LogP contribution in [-0.4, -0.2) is 50.3 Å². The summed E-state index contributed by atoms with van der Waals surface area (Å²) < 4.78 is 7.51. The summed E-state index contributed by atoms with van der Waals surface area (Å²) in [7, 11) is 0. The molecule has 46 heavy (non-hydrogen) atoms. The number of morpholine rings is 1. The summed E-state index contributed by atoms with van der Waals surface area (Å²) in [5.41, 5.74) is 0.512. The highest BCUT2D eigenvalue weighted by Gasteiger charge is 2.46. The highest BCUT2D eigenvalue weighted by atomic mass is 16.6. The maximum atomic E-state index is 13.3. The SMILES string of the molecule is O=c1[nH]c(=O)n([C@H]2CN(C(c3ccccc3)(c3ccccc3)c3ccccc3)C[C@@H](CO)O2)cc1C#Cc1ccccc1[N+](=O)[O-]. The number of para-hydroxylation sites is 1. The Hall–Kier alpha value is -5.60. The Morgan fingerprint density at radius 1 is 0.804 bits per heavy atom. The summed E-state index contributed by atoms with van der Waals surface area (Å²) in [6.07, 6.45) is -0.312. The number of nitro benzene ring substituents is 1. The summed E-state index contributed by atoms with van der Waals surface area (Å²) in [6, 6.07) is 36.0. The first-order chi connectivity index (χ1) is 22.4. The van der Waals surface area contributed by atoms with Crippen molar-refractivity contribution in [3.8, 4) is 11.8 Å². The van der Waals surface area contributed by atoms with Crippen molar-refractivity contribution in [1.29, 1.82) is 0 Å². The third-order valence-corrected chi connectivity index (χ3v) is 8.11. The van der Waals surface area contributed by atoms with Gasteiger partial charge in [0.1, 0.15) is 11.1 Å². The van der Waals surface area contributed by atoms with Crippen LogP contribution in [0.25, 0.3) is 0 Å². The van der Waals surface area contributed by atoms with Crippen LogP contribution in [0.1, 0.15) is 34.0 Å². The number of nitrogens with zero attached hydrogens (tertiary/aromatic N) is 3. The van der Waals surface area contributed by atoms with Gasteiger partial charge in [-0.05, 0) is 22.8 Å². The van der Waals surface area contributed by atoms with Gasteiger partial charge >= 0.3 is 5.69 Å². The number of nitrogens with one attached hydrogen (secondary N) is 1. The largest absolute Gasteiger partial charge is 0.394 e. The molecule has 1 aliphatic rings. The number of aliphatic hydroxyl groups excluding tert-OH is 1. The summed E-state index contributed by atoms with van der Waals surface area (Å²) >= 11 is 0. The molecule has 0 amide bonds. The minimum Gasteiger partial charge on any atom is -0.394 e. The molecule has 10 heteroatoms. The van der Waals surface area contributed by atoms with E-state index < -0.39 is 34.0 Å². The Bertz CT molecular complexity index is 1920. The molecule has 230 valence electrons. The predicted molar refractivity (Wildman–Crippen MR) is 172 cm³/mol. The Balaban J connectivity index is 1.49. The molecule has 6 rings (SSSR count). The number of aromatic nitrogens is 2. The molecule has 0 spiro atoms. The third kappa shape index (κ3) is 5.78. The molecule has 0 radical (unpaired) electrons. The number of benzene rings is 4. The second-order valence-corrected chi connectivity index (χ2v) is 10.8. The van der Waals surface area contributed by atoms with Crippen LogP contribution in [0.2, 0.25) is 0 Å². The fourth-order valence-corrected chi connectivity index (χ4v) is 6.09. The first-order valence-corrected chi connectivity index (χ1v) is 14.7. The van der Waals surface area contributed by atoms with Crippen molar-refractivity contribution in [2.45, 2.75) is 17.9 Å². The lowest BCUT2D eigenvalue weighted by Gasteiger charge is -2.50. The van der Waals surface area contributed by atoms with E-state index in [4.69, 9.17) is 4.74 Å². The maximum Gasteiger partial charge on any atom is 0.330 e. The molecule has 2 heterocycles. The minimum atomic E-state index is -0.933. The van der Waals surface area contributed by atoms with Crippen molar-refractivity contribution in [3.05, 3.63) is 180 Å². The van der Waals surface area contributed by atoms with Gasteiger partial charge in [0.2, 0.25) is 0 Å². The first kappa shape index (κ1) is 30.4. The molecular weight excluding hydrogens is 584 g/mol. The van der Waals surface area contributed by atoms with E-state index in [1.165, 1.54) is 29.0 Å². The summed E-state index contributed by atoms with van der Waals surface area (Å²) in [6.45, 7) is 0.205. The molecule has 0 bridgehead atoms. The molecule has 10 nitrogen and oxygen atoms in total. The second-order valence-electron chi connectivity index (χ2n) is 10.8. The van der Waals surface area contributed by atoms with E-state index in [-0.39, 0.29) is 30.0 Å². The number of aliphatic hydroxyl groups is 1. The van der Waals surface area contributed by atoms with Crippen molar-refractivity contribution < 1.29 is 14.8 Å². The number of ether oxygens (including phenoxy) is 1. The van der Waals surface area contributed by atoms with Crippen LogP contribution < -0.4 is 11.2 Å². The van der Waals surface area contributed by atoms with Crippen LogP contribution in [0, 0.1) is 22.0 Å². The molecule has 2 atom stereocenters. The summed E-state index contributed by atoms with van der Waals surface area (Å²) in [5.74, 6) is 5.40. The molecule has 1 saturated heterocycles. The van der Waals surface area contributed by atoms with E-state index in [0.29, 0.717) is 6.54 Å². The molecule has 2 N–H and O–H groups in total. The van der Waals surface area contributed by atoms with Crippen LogP contribution in [0.15, 0.2) is 131 Å². The molecular formula is C36H30N4O6. The number of hydrogen-bond donors (Lipinski definition) is 2. The van der Waals surface area contributed by atoms with E-state index in [1.54, 1.807) is 6.07 Å². The second kappa shape index (κ2) is 13.2. The van der Waals surface area contributed by atoms with Crippen molar-refractivity contribution in [3.63, 3.8) is 0 Å². The zero-order chi connectivity index (χ0) is 32.1.